The van der Waals surface area contributed by atoms with Crippen molar-refractivity contribution in [1.29, 1.82) is 0 Å². The molecule has 5 heteroatoms. The number of nitrogens with one attached hydrogen (secondary N) is 1. The minimum atomic E-state index is -0.376. The van der Waals surface area contributed by atoms with Crippen LogP contribution in [0.2, 0.25) is 0 Å². The first-order valence-corrected chi connectivity index (χ1v) is 8.17. The first kappa shape index (κ1) is 16.7. The van der Waals surface area contributed by atoms with Crippen molar-refractivity contribution in [3.8, 4) is 0 Å². The molecule has 2 heterocycles. The van der Waals surface area contributed by atoms with Gasteiger partial charge in [0.15, 0.2) is 0 Å². The number of amides is 1. The lowest BCUT2D eigenvalue weighted by molar-refractivity contribution is 0.0898. The molecule has 22 heavy (non-hydrogen) atoms. The highest BCUT2D eigenvalue weighted by Crippen LogP contribution is 2.19. The Balaban J connectivity index is 2.02. The standard InChI is InChI=1S/C17H28N4O/c1-13(2)10-17(3,12-18)20-16(22)14-6-7-15(19-11-14)21-8-4-5-9-21/h6-7,11,13H,4-5,8-10,12,18H2,1-3H3,(H,20,22). The van der Waals surface area contributed by atoms with Crippen LogP contribution in [0.3, 0.4) is 0 Å². The number of rotatable bonds is 6. The molecule has 0 saturated carbocycles. The molecule has 1 amide bonds. The molecule has 1 aliphatic rings. The predicted octanol–water partition coefficient (Wildman–Crippen LogP) is 2.18. The third kappa shape index (κ3) is 4.19. The van der Waals surface area contributed by atoms with Crippen LogP contribution in [0.4, 0.5) is 5.82 Å². The number of aromatic nitrogens is 1. The van der Waals surface area contributed by atoms with Crippen molar-refractivity contribution in [2.45, 2.75) is 45.6 Å². The Morgan fingerprint density at radius 2 is 2.09 bits per heavy atom. The number of nitrogens with two attached hydrogens (primary N) is 1. The summed E-state index contributed by atoms with van der Waals surface area (Å²) in [6.45, 7) is 8.79. The van der Waals surface area contributed by atoms with Crippen molar-refractivity contribution in [3.63, 3.8) is 0 Å². The summed E-state index contributed by atoms with van der Waals surface area (Å²) in [7, 11) is 0. The molecule has 3 N–H and O–H groups in total. The smallest absolute Gasteiger partial charge is 0.253 e. The molecule has 0 radical (unpaired) electrons. The minimum absolute atomic E-state index is 0.103. The fourth-order valence-corrected chi connectivity index (χ4v) is 3.09. The Hall–Kier alpha value is -1.62. The van der Waals surface area contributed by atoms with E-state index in [-0.39, 0.29) is 11.4 Å². The van der Waals surface area contributed by atoms with Gasteiger partial charge in [0.2, 0.25) is 0 Å². The second-order valence-electron chi connectivity index (χ2n) is 6.92. The molecule has 0 spiro atoms. The molecular weight excluding hydrogens is 276 g/mol. The van der Waals surface area contributed by atoms with Gasteiger partial charge in [0, 0.05) is 31.4 Å². The third-order valence-corrected chi connectivity index (χ3v) is 4.16. The van der Waals surface area contributed by atoms with Gasteiger partial charge in [0.25, 0.3) is 5.91 Å². The van der Waals surface area contributed by atoms with E-state index < -0.39 is 0 Å². The largest absolute Gasteiger partial charge is 0.357 e. The Morgan fingerprint density at radius 1 is 1.41 bits per heavy atom. The zero-order valence-electron chi connectivity index (χ0n) is 13.9. The van der Waals surface area contributed by atoms with Gasteiger partial charge in [0.1, 0.15) is 5.82 Å². The lowest BCUT2D eigenvalue weighted by Crippen LogP contribution is -2.52. The average molecular weight is 304 g/mol. The number of pyridine rings is 1. The van der Waals surface area contributed by atoms with Gasteiger partial charge in [-0.05, 0) is 44.2 Å². The molecule has 1 atom stereocenters. The van der Waals surface area contributed by atoms with Crippen molar-refractivity contribution in [2.24, 2.45) is 11.7 Å². The van der Waals surface area contributed by atoms with Gasteiger partial charge in [-0.15, -0.1) is 0 Å². The van der Waals surface area contributed by atoms with E-state index in [1.807, 2.05) is 19.1 Å². The fraction of sp³-hybridized carbons (Fsp3) is 0.647. The molecule has 1 unspecified atom stereocenters. The van der Waals surface area contributed by atoms with E-state index in [1.165, 1.54) is 12.8 Å². The number of nitrogens with zero attached hydrogens (tertiary/aromatic N) is 2. The molecule has 122 valence electrons. The summed E-state index contributed by atoms with van der Waals surface area (Å²) in [6.07, 6.45) is 4.95. The highest BCUT2D eigenvalue weighted by atomic mass is 16.1. The van der Waals surface area contributed by atoms with Crippen molar-refractivity contribution in [3.05, 3.63) is 23.9 Å². The highest BCUT2D eigenvalue weighted by Gasteiger charge is 2.26. The zero-order chi connectivity index (χ0) is 16.2. The van der Waals surface area contributed by atoms with Crippen LogP contribution in [0, 0.1) is 5.92 Å². The summed E-state index contributed by atoms with van der Waals surface area (Å²) < 4.78 is 0. The molecule has 5 nitrogen and oxygen atoms in total. The van der Waals surface area contributed by atoms with E-state index in [2.05, 4.69) is 29.0 Å². The lowest BCUT2D eigenvalue weighted by atomic mass is 9.90. The van der Waals surface area contributed by atoms with Gasteiger partial charge >= 0.3 is 0 Å². The highest BCUT2D eigenvalue weighted by molar-refractivity contribution is 5.94. The number of hydrogen-bond donors (Lipinski definition) is 2. The maximum atomic E-state index is 12.4. The Morgan fingerprint density at radius 3 is 2.59 bits per heavy atom. The van der Waals surface area contributed by atoms with E-state index in [4.69, 9.17) is 5.73 Å². The Bertz CT molecular complexity index is 494. The van der Waals surface area contributed by atoms with Crippen LogP contribution in [0.25, 0.3) is 0 Å². The SMILES string of the molecule is CC(C)CC(C)(CN)NC(=O)c1ccc(N2CCCC2)nc1. The summed E-state index contributed by atoms with van der Waals surface area (Å²) in [6, 6.07) is 3.78. The third-order valence-electron chi connectivity index (χ3n) is 4.16. The van der Waals surface area contributed by atoms with E-state index in [1.54, 1.807) is 6.20 Å². The van der Waals surface area contributed by atoms with Gasteiger partial charge in [-0.2, -0.15) is 0 Å². The molecule has 1 aromatic heterocycles. The molecule has 0 aliphatic carbocycles. The van der Waals surface area contributed by atoms with E-state index in [9.17, 15) is 4.79 Å². The number of carbonyl (C=O) groups is 1. The minimum Gasteiger partial charge on any atom is -0.357 e. The van der Waals surface area contributed by atoms with Crippen LogP contribution >= 0.6 is 0 Å². The van der Waals surface area contributed by atoms with Crippen LogP contribution in [-0.4, -0.2) is 36.1 Å². The average Bonchev–Trinajstić information content (AvgIpc) is 3.00. The van der Waals surface area contributed by atoms with Gasteiger partial charge < -0.3 is 16.0 Å². The Kier molecular flexibility index (Phi) is 5.40. The molecule has 1 saturated heterocycles. The summed E-state index contributed by atoms with van der Waals surface area (Å²) in [5.74, 6) is 1.33. The molecule has 1 aromatic rings. The molecule has 2 rings (SSSR count). The summed E-state index contributed by atoms with van der Waals surface area (Å²) in [4.78, 5) is 19.1. The molecule has 0 bridgehead atoms. The van der Waals surface area contributed by atoms with Crippen LogP contribution in [0.15, 0.2) is 18.3 Å². The first-order valence-electron chi connectivity index (χ1n) is 8.17. The monoisotopic (exact) mass is 304 g/mol. The molecular formula is C17H28N4O. The lowest BCUT2D eigenvalue weighted by Gasteiger charge is -2.31. The second-order valence-corrected chi connectivity index (χ2v) is 6.92. The quantitative estimate of drug-likeness (QED) is 0.845. The zero-order valence-corrected chi connectivity index (χ0v) is 13.9. The van der Waals surface area contributed by atoms with E-state index in [0.717, 1.165) is 25.3 Å². The van der Waals surface area contributed by atoms with Gasteiger partial charge in [-0.1, -0.05) is 13.8 Å². The fourth-order valence-electron chi connectivity index (χ4n) is 3.09. The van der Waals surface area contributed by atoms with E-state index >= 15 is 0 Å². The van der Waals surface area contributed by atoms with Gasteiger partial charge in [-0.25, -0.2) is 4.98 Å². The molecule has 0 aromatic carbocycles. The van der Waals surface area contributed by atoms with Crippen molar-refractivity contribution >= 4 is 11.7 Å². The number of carbonyl (C=O) groups excluding carboxylic acids is 1. The summed E-state index contributed by atoms with van der Waals surface area (Å²) in [5.41, 5.74) is 6.06. The van der Waals surface area contributed by atoms with Gasteiger partial charge in [0.05, 0.1) is 5.56 Å². The van der Waals surface area contributed by atoms with Gasteiger partial charge in [-0.3, -0.25) is 4.79 Å². The maximum Gasteiger partial charge on any atom is 0.253 e. The number of hydrogen-bond acceptors (Lipinski definition) is 4. The van der Waals surface area contributed by atoms with Crippen molar-refractivity contribution < 1.29 is 4.79 Å². The van der Waals surface area contributed by atoms with Crippen molar-refractivity contribution in [1.82, 2.24) is 10.3 Å². The predicted molar refractivity (Wildman–Crippen MR) is 90.1 cm³/mol. The first-order chi connectivity index (χ1) is 10.4. The summed E-state index contributed by atoms with van der Waals surface area (Å²) in [5, 5.41) is 3.06. The van der Waals surface area contributed by atoms with Crippen molar-refractivity contribution in [2.75, 3.05) is 24.5 Å². The maximum absolute atomic E-state index is 12.4. The van der Waals surface area contributed by atoms with Crippen LogP contribution in [-0.2, 0) is 0 Å². The van der Waals surface area contributed by atoms with Crippen LogP contribution in [0.1, 0.15) is 50.4 Å². The molecule has 1 aliphatic heterocycles. The summed E-state index contributed by atoms with van der Waals surface area (Å²) >= 11 is 0. The Labute approximate surface area is 133 Å². The van der Waals surface area contributed by atoms with Crippen LogP contribution in [0.5, 0.6) is 0 Å². The normalized spacial score (nSPS) is 17.6. The molecule has 1 fully saturated rings. The topological polar surface area (TPSA) is 71.2 Å². The van der Waals surface area contributed by atoms with Crippen LogP contribution < -0.4 is 16.0 Å². The second kappa shape index (κ2) is 7.09. The number of anilines is 1. The van der Waals surface area contributed by atoms with E-state index in [0.29, 0.717) is 18.0 Å².